The number of thiophene rings is 1. The van der Waals surface area contributed by atoms with Crippen molar-refractivity contribution in [3.05, 3.63) is 52.2 Å². The largest absolute Gasteiger partial charge is 0.352 e. The van der Waals surface area contributed by atoms with Gasteiger partial charge in [-0.25, -0.2) is 4.98 Å². The molecule has 2 aromatic heterocycles. The van der Waals surface area contributed by atoms with Gasteiger partial charge in [-0.1, -0.05) is 25.0 Å². The maximum Gasteiger partial charge on any atom is 0.252 e. The summed E-state index contributed by atoms with van der Waals surface area (Å²) < 4.78 is 0. The second kappa shape index (κ2) is 6.92. The first-order chi connectivity index (χ1) is 11.2. The van der Waals surface area contributed by atoms with Gasteiger partial charge in [0.1, 0.15) is 0 Å². The molecule has 2 heterocycles. The van der Waals surface area contributed by atoms with Crippen LogP contribution in [0.3, 0.4) is 0 Å². The zero-order valence-corrected chi connectivity index (χ0v) is 14.2. The fourth-order valence-electron chi connectivity index (χ4n) is 2.56. The predicted octanol–water partition coefficient (Wildman–Crippen LogP) is 4.80. The number of aryl methyl sites for hydroxylation is 1. The number of hydrogen-bond donors (Lipinski definition) is 1. The van der Waals surface area contributed by atoms with Crippen molar-refractivity contribution in [2.75, 3.05) is 6.54 Å². The lowest BCUT2D eigenvalue weighted by Gasteiger charge is -2.10. The molecule has 1 aromatic carbocycles. The summed E-state index contributed by atoms with van der Waals surface area (Å²) in [7, 11) is 0. The monoisotopic (exact) mass is 324 g/mol. The molecule has 0 aliphatic heterocycles. The molecule has 0 bridgehead atoms. The van der Waals surface area contributed by atoms with E-state index in [-0.39, 0.29) is 5.91 Å². The molecule has 0 spiro atoms. The van der Waals surface area contributed by atoms with Crippen LogP contribution in [0.25, 0.3) is 22.2 Å². The molecule has 3 nitrogen and oxygen atoms in total. The first-order valence-corrected chi connectivity index (χ1v) is 8.85. The first kappa shape index (κ1) is 15.7. The highest BCUT2D eigenvalue weighted by Gasteiger charge is 2.14. The Hall–Kier alpha value is -2.20. The molecule has 0 saturated heterocycles. The van der Waals surface area contributed by atoms with Gasteiger partial charge in [0.25, 0.3) is 5.91 Å². The van der Waals surface area contributed by atoms with E-state index in [9.17, 15) is 4.79 Å². The standard InChI is InChI=1S/C19H20N2OS/c1-3-4-8-20-19(22)16-11-18(14-7-9-23-12-14)21-17-6-5-13(2)10-15(16)17/h5-7,9-12H,3-4,8H2,1-2H3,(H,20,22). The van der Waals surface area contributed by atoms with Gasteiger partial charge in [-0.05, 0) is 43.0 Å². The second-order valence-corrected chi connectivity index (χ2v) is 6.48. The lowest BCUT2D eigenvalue weighted by Crippen LogP contribution is -2.24. The molecule has 3 aromatic rings. The summed E-state index contributed by atoms with van der Waals surface area (Å²) in [4.78, 5) is 17.4. The van der Waals surface area contributed by atoms with Crippen LogP contribution in [0.1, 0.15) is 35.7 Å². The molecule has 0 aliphatic carbocycles. The van der Waals surface area contributed by atoms with Crippen molar-refractivity contribution >= 4 is 28.1 Å². The highest BCUT2D eigenvalue weighted by molar-refractivity contribution is 7.08. The van der Waals surface area contributed by atoms with E-state index in [2.05, 4.69) is 17.6 Å². The molecule has 118 valence electrons. The maximum absolute atomic E-state index is 12.6. The number of hydrogen-bond acceptors (Lipinski definition) is 3. The predicted molar refractivity (Wildman–Crippen MR) is 97.0 cm³/mol. The number of carbonyl (C=O) groups is 1. The third-order valence-electron chi connectivity index (χ3n) is 3.84. The van der Waals surface area contributed by atoms with Gasteiger partial charge in [-0.15, -0.1) is 0 Å². The minimum atomic E-state index is -0.0204. The number of unbranched alkanes of at least 4 members (excludes halogenated alkanes) is 1. The Morgan fingerprint density at radius 3 is 2.87 bits per heavy atom. The highest BCUT2D eigenvalue weighted by atomic mass is 32.1. The minimum absolute atomic E-state index is 0.0204. The molecule has 0 fully saturated rings. The average molecular weight is 324 g/mol. The van der Waals surface area contributed by atoms with Gasteiger partial charge >= 0.3 is 0 Å². The van der Waals surface area contributed by atoms with Gasteiger partial charge in [0.05, 0.1) is 16.8 Å². The Balaban J connectivity index is 2.08. The number of nitrogens with one attached hydrogen (secondary N) is 1. The van der Waals surface area contributed by atoms with Crippen molar-refractivity contribution in [2.24, 2.45) is 0 Å². The molecule has 0 saturated carbocycles. The molecular weight excluding hydrogens is 304 g/mol. The second-order valence-electron chi connectivity index (χ2n) is 5.70. The Labute approximate surface area is 140 Å². The van der Waals surface area contributed by atoms with E-state index < -0.39 is 0 Å². The summed E-state index contributed by atoms with van der Waals surface area (Å²) in [6.07, 6.45) is 2.06. The third-order valence-corrected chi connectivity index (χ3v) is 4.52. The van der Waals surface area contributed by atoms with Crippen LogP contribution in [0.5, 0.6) is 0 Å². The van der Waals surface area contributed by atoms with Gasteiger partial charge in [0.2, 0.25) is 0 Å². The van der Waals surface area contributed by atoms with Gasteiger partial charge in [0.15, 0.2) is 0 Å². The smallest absolute Gasteiger partial charge is 0.252 e. The lowest BCUT2D eigenvalue weighted by atomic mass is 10.0. The summed E-state index contributed by atoms with van der Waals surface area (Å²) in [5, 5.41) is 8.02. The Morgan fingerprint density at radius 1 is 1.26 bits per heavy atom. The fourth-order valence-corrected chi connectivity index (χ4v) is 3.21. The third kappa shape index (κ3) is 3.42. The van der Waals surface area contributed by atoms with Crippen LogP contribution < -0.4 is 5.32 Å². The first-order valence-electron chi connectivity index (χ1n) is 7.91. The number of carbonyl (C=O) groups excluding carboxylic acids is 1. The Kier molecular flexibility index (Phi) is 4.72. The van der Waals surface area contributed by atoms with Crippen molar-refractivity contribution in [2.45, 2.75) is 26.7 Å². The number of nitrogens with zero attached hydrogens (tertiary/aromatic N) is 1. The summed E-state index contributed by atoms with van der Waals surface area (Å²) in [5.74, 6) is -0.0204. The molecule has 0 atom stereocenters. The number of fused-ring (bicyclic) bond motifs is 1. The van der Waals surface area contributed by atoms with Gasteiger partial charge in [0, 0.05) is 22.9 Å². The SMILES string of the molecule is CCCCNC(=O)c1cc(-c2ccsc2)nc2ccc(C)cc12. The topological polar surface area (TPSA) is 42.0 Å². The van der Waals surface area contributed by atoms with E-state index >= 15 is 0 Å². The summed E-state index contributed by atoms with van der Waals surface area (Å²) in [5.41, 5.74) is 4.60. The lowest BCUT2D eigenvalue weighted by molar-refractivity contribution is 0.0955. The van der Waals surface area contributed by atoms with E-state index in [4.69, 9.17) is 4.98 Å². The quantitative estimate of drug-likeness (QED) is 0.685. The van der Waals surface area contributed by atoms with Crippen molar-refractivity contribution in [1.29, 1.82) is 0 Å². The summed E-state index contributed by atoms with van der Waals surface area (Å²) in [6, 6.07) is 10.0. The average Bonchev–Trinajstić information content (AvgIpc) is 3.08. The number of amides is 1. The molecule has 0 radical (unpaired) electrons. The van der Waals surface area contributed by atoms with Crippen LogP contribution in [0.4, 0.5) is 0 Å². The molecule has 1 N–H and O–H groups in total. The summed E-state index contributed by atoms with van der Waals surface area (Å²) in [6.45, 7) is 4.86. The molecule has 23 heavy (non-hydrogen) atoms. The van der Waals surface area contributed by atoms with Crippen molar-refractivity contribution in [3.63, 3.8) is 0 Å². The van der Waals surface area contributed by atoms with Crippen molar-refractivity contribution in [3.8, 4) is 11.3 Å². The maximum atomic E-state index is 12.6. The molecule has 0 aliphatic rings. The van der Waals surface area contributed by atoms with E-state index in [1.165, 1.54) is 0 Å². The van der Waals surface area contributed by atoms with Gasteiger partial charge < -0.3 is 5.32 Å². The minimum Gasteiger partial charge on any atom is -0.352 e. The number of benzene rings is 1. The zero-order chi connectivity index (χ0) is 16.2. The molecule has 3 rings (SSSR count). The van der Waals surface area contributed by atoms with E-state index in [0.29, 0.717) is 12.1 Å². The van der Waals surface area contributed by atoms with Crippen LogP contribution in [0.2, 0.25) is 0 Å². The molecule has 0 unspecified atom stereocenters. The van der Waals surface area contributed by atoms with Crippen LogP contribution in [-0.4, -0.2) is 17.4 Å². The Bertz CT molecular complexity index is 825. The molecular formula is C19H20N2OS. The van der Waals surface area contributed by atoms with Crippen LogP contribution >= 0.6 is 11.3 Å². The van der Waals surface area contributed by atoms with Crippen LogP contribution in [0.15, 0.2) is 41.1 Å². The number of pyridine rings is 1. The van der Waals surface area contributed by atoms with E-state index in [1.54, 1.807) is 11.3 Å². The number of aromatic nitrogens is 1. The van der Waals surface area contributed by atoms with E-state index in [0.717, 1.165) is 40.6 Å². The fraction of sp³-hybridized carbons (Fsp3) is 0.263. The van der Waals surface area contributed by atoms with E-state index in [1.807, 2.05) is 42.6 Å². The molecule has 4 heteroatoms. The summed E-state index contributed by atoms with van der Waals surface area (Å²) >= 11 is 1.63. The normalized spacial score (nSPS) is 10.9. The van der Waals surface area contributed by atoms with Crippen molar-refractivity contribution in [1.82, 2.24) is 10.3 Å². The zero-order valence-electron chi connectivity index (χ0n) is 13.4. The van der Waals surface area contributed by atoms with Crippen LogP contribution in [-0.2, 0) is 0 Å². The Morgan fingerprint density at radius 2 is 2.13 bits per heavy atom. The highest BCUT2D eigenvalue weighted by Crippen LogP contribution is 2.27. The van der Waals surface area contributed by atoms with Crippen LogP contribution in [0, 0.1) is 6.92 Å². The molecule has 1 amide bonds. The van der Waals surface area contributed by atoms with Crippen molar-refractivity contribution < 1.29 is 4.79 Å². The van der Waals surface area contributed by atoms with Gasteiger partial charge in [-0.2, -0.15) is 11.3 Å². The van der Waals surface area contributed by atoms with Gasteiger partial charge in [-0.3, -0.25) is 4.79 Å². The number of rotatable bonds is 5.